The van der Waals surface area contributed by atoms with E-state index in [0.717, 1.165) is 25.7 Å². The molecule has 1 N–H and O–H groups in total. The van der Waals surface area contributed by atoms with Gasteiger partial charge < -0.3 is 5.32 Å². The van der Waals surface area contributed by atoms with Crippen molar-refractivity contribution >= 4 is 17.7 Å². The molecule has 5 nitrogen and oxygen atoms in total. The lowest BCUT2D eigenvalue weighted by atomic mass is 10.2. The van der Waals surface area contributed by atoms with Crippen LogP contribution in [0.5, 0.6) is 0 Å². The molecule has 4 rings (SSSR count). The number of rotatable bonds is 6. The zero-order chi connectivity index (χ0) is 18.1. The van der Waals surface area contributed by atoms with E-state index in [1.165, 1.54) is 30.7 Å². The van der Waals surface area contributed by atoms with Crippen molar-refractivity contribution in [1.29, 1.82) is 0 Å². The van der Waals surface area contributed by atoms with Gasteiger partial charge in [-0.3, -0.25) is 9.36 Å². The molecule has 1 aromatic carbocycles. The van der Waals surface area contributed by atoms with E-state index >= 15 is 0 Å². The molecule has 26 heavy (non-hydrogen) atoms. The number of benzene rings is 1. The Bertz CT molecular complexity index is 799. The van der Waals surface area contributed by atoms with Crippen molar-refractivity contribution < 1.29 is 9.18 Å². The van der Waals surface area contributed by atoms with Crippen LogP contribution in [-0.4, -0.2) is 32.0 Å². The van der Waals surface area contributed by atoms with Gasteiger partial charge in [0, 0.05) is 12.1 Å². The molecule has 138 valence electrons. The Balaban J connectivity index is 1.53. The second-order valence-electron chi connectivity index (χ2n) is 7.14. The molecule has 0 aliphatic heterocycles. The number of nitrogens with one attached hydrogen (secondary N) is 1. The van der Waals surface area contributed by atoms with Crippen LogP contribution >= 0.6 is 11.8 Å². The van der Waals surface area contributed by atoms with Gasteiger partial charge in [-0.25, -0.2) is 4.39 Å². The second-order valence-corrected chi connectivity index (χ2v) is 8.45. The Morgan fingerprint density at radius 1 is 1.23 bits per heavy atom. The Morgan fingerprint density at radius 3 is 2.65 bits per heavy atom. The monoisotopic (exact) mass is 374 g/mol. The van der Waals surface area contributed by atoms with Crippen molar-refractivity contribution in [3.05, 3.63) is 30.1 Å². The first-order chi connectivity index (χ1) is 12.6. The summed E-state index contributed by atoms with van der Waals surface area (Å²) in [6.07, 6.45) is 6.59. The molecule has 0 bridgehead atoms. The highest BCUT2D eigenvalue weighted by Crippen LogP contribution is 2.42. The number of nitrogens with zero attached hydrogens (tertiary/aromatic N) is 3. The highest BCUT2D eigenvalue weighted by atomic mass is 32.2. The molecular weight excluding hydrogens is 351 g/mol. The second kappa shape index (κ2) is 7.39. The third kappa shape index (κ3) is 3.63. The highest BCUT2D eigenvalue weighted by Gasteiger charge is 2.32. The molecule has 2 aromatic rings. The number of amides is 1. The van der Waals surface area contributed by atoms with E-state index in [4.69, 9.17) is 0 Å². The third-order valence-corrected chi connectivity index (χ3v) is 6.10. The largest absolute Gasteiger partial charge is 0.352 e. The fraction of sp³-hybridized carbons (Fsp3) is 0.526. The normalized spacial score (nSPS) is 18.8. The van der Waals surface area contributed by atoms with Gasteiger partial charge in [0.15, 0.2) is 11.0 Å². The Hall–Kier alpha value is -1.89. The van der Waals surface area contributed by atoms with Crippen molar-refractivity contribution in [2.75, 3.05) is 0 Å². The number of thioether (sulfide) groups is 1. The summed E-state index contributed by atoms with van der Waals surface area (Å²) in [4.78, 5) is 12.5. The van der Waals surface area contributed by atoms with Gasteiger partial charge in [0.1, 0.15) is 5.82 Å². The molecule has 0 saturated heterocycles. The maximum absolute atomic E-state index is 14.2. The average molecular weight is 374 g/mol. The Labute approximate surface area is 156 Å². The molecule has 2 saturated carbocycles. The molecule has 2 aliphatic carbocycles. The summed E-state index contributed by atoms with van der Waals surface area (Å²) in [6, 6.07) is 7.23. The highest BCUT2D eigenvalue weighted by molar-refractivity contribution is 8.00. The lowest BCUT2D eigenvalue weighted by Gasteiger charge is -2.16. The van der Waals surface area contributed by atoms with Crippen LogP contribution < -0.4 is 5.32 Å². The first kappa shape index (κ1) is 17.5. The minimum absolute atomic E-state index is 0.0414. The molecule has 1 aromatic heterocycles. The third-order valence-electron chi connectivity index (χ3n) is 5.04. The molecule has 1 atom stereocenters. The summed E-state index contributed by atoms with van der Waals surface area (Å²) in [6.45, 7) is 1.89. The first-order valence-electron chi connectivity index (χ1n) is 9.30. The van der Waals surface area contributed by atoms with E-state index < -0.39 is 0 Å². The van der Waals surface area contributed by atoms with E-state index in [1.807, 2.05) is 11.5 Å². The predicted octanol–water partition coefficient (Wildman–Crippen LogP) is 3.96. The Kier molecular flexibility index (Phi) is 4.98. The van der Waals surface area contributed by atoms with Crippen LogP contribution in [0.2, 0.25) is 0 Å². The van der Waals surface area contributed by atoms with Crippen LogP contribution in [0.1, 0.15) is 51.5 Å². The number of hydrogen-bond donors (Lipinski definition) is 1. The zero-order valence-corrected chi connectivity index (χ0v) is 15.6. The molecule has 1 amide bonds. The minimum Gasteiger partial charge on any atom is -0.352 e. The predicted molar refractivity (Wildman–Crippen MR) is 99.4 cm³/mol. The van der Waals surface area contributed by atoms with E-state index in [-0.39, 0.29) is 17.0 Å². The summed E-state index contributed by atoms with van der Waals surface area (Å²) in [5.41, 5.74) is 0.460. The van der Waals surface area contributed by atoms with Gasteiger partial charge in [-0.2, -0.15) is 0 Å². The minimum atomic E-state index is -0.301. The van der Waals surface area contributed by atoms with Gasteiger partial charge in [0.05, 0.1) is 10.8 Å². The maximum atomic E-state index is 14.2. The standard InChI is InChI=1S/C19H23FN4OS/c1-12(18(25)21-13-6-2-3-7-13)26-19-23-22-17(24(19)14-10-11-14)15-8-4-5-9-16(15)20/h4-5,8-9,12-14H,2-3,6-7,10-11H2,1H3,(H,21,25)/t12-/m1/s1. The summed E-state index contributed by atoms with van der Waals surface area (Å²) < 4.78 is 16.2. The molecule has 0 spiro atoms. The van der Waals surface area contributed by atoms with Crippen LogP contribution in [0, 0.1) is 5.82 Å². The van der Waals surface area contributed by atoms with Crippen molar-refractivity contribution in [3.63, 3.8) is 0 Å². The molecular formula is C19H23FN4OS. The summed E-state index contributed by atoms with van der Waals surface area (Å²) in [5.74, 6) is 0.293. The molecule has 1 heterocycles. The number of halogens is 1. The fourth-order valence-corrected chi connectivity index (χ4v) is 4.37. The van der Waals surface area contributed by atoms with Crippen LogP contribution in [0.4, 0.5) is 4.39 Å². The van der Waals surface area contributed by atoms with Gasteiger partial charge in [0.2, 0.25) is 5.91 Å². The van der Waals surface area contributed by atoms with Crippen molar-refractivity contribution in [3.8, 4) is 11.4 Å². The fourth-order valence-electron chi connectivity index (χ4n) is 3.45. The zero-order valence-electron chi connectivity index (χ0n) is 14.8. The lowest BCUT2D eigenvalue weighted by molar-refractivity contribution is -0.120. The maximum Gasteiger partial charge on any atom is 0.233 e. The van der Waals surface area contributed by atoms with E-state index in [1.54, 1.807) is 18.2 Å². The number of hydrogen-bond acceptors (Lipinski definition) is 4. The van der Waals surface area contributed by atoms with Crippen molar-refractivity contribution in [2.24, 2.45) is 0 Å². The molecule has 2 fully saturated rings. The number of carbonyl (C=O) groups is 1. The Morgan fingerprint density at radius 2 is 1.96 bits per heavy atom. The number of carbonyl (C=O) groups excluding carboxylic acids is 1. The van der Waals surface area contributed by atoms with Crippen molar-refractivity contribution in [2.45, 2.75) is 67.9 Å². The summed E-state index contributed by atoms with van der Waals surface area (Å²) >= 11 is 1.41. The molecule has 7 heteroatoms. The van der Waals surface area contributed by atoms with Crippen LogP contribution in [-0.2, 0) is 4.79 Å². The smallest absolute Gasteiger partial charge is 0.233 e. The number of aromatic nitrogens is 3. The van der Waals surface area contributed by atoms with Crippen LogP contribution in [0.3, 0.4) is 0 Å². The van der Waals surface area contributed by atoms with E-state index in [2.05, 4.69) is 15.5 Å². The van der Waals surface area contributed by atoms with Gasteiger partial charge >= 0.3 is 0 Å². The molecule has 0 unspecified atom stereocenters. The van der Waals surface area contributed by atoms with Crippen LogP contribution in [0.15, 0.2) is 29.4 Å². The quantitative estimate of drug-likeness (QED) is 0.778. The molecule has 2 aliphatic rings. The SMILES string of the molecule is C[C@@H](Sc1nnc(-c2ccccc2F)n1C1CC1)C(=O)NC1CCCC1. The van der Waals surface area contributed by atoms with E-state index in [0.29, 0.717) is 28.6 Å². The van der Waals surface area contributed by atoms with Gasteiger partial charge in [-0.1, -0.05) is 36.7 Å². The van der Waals surface area contributed by atoms with Gasteiger partial charge in [-0.15, -0.1) is 10.2 Å². The van der Waals surface area contributed by atoms with Gasteiger partial charge in [-0.05, 0) is 44.7 Å². The van der Waals surface area contributed by atoms with Crippen molar-refractivity contribution in [1.82, 2.24) is 20.1 Å². The van der Waals surface area contributed by atoms with Gasteiger partial charge in [0.25, 0.3) is 0 Å². The molecule has 0 radical (unpaired) electrons. The topological polar surface area (TPSA) is 59.8 Å². The average Bonchev–Trinajstić information content (AvgIpc) is 3.18. The summed E-state index contributed by atoms with van der Waals surface area (Å²) in [7, 11) is 0. The van der Waals surface area contributed by atoms with Crippen LogP contribution in [0.25, 0.3) is 11.4 Å². The van der Waals surface area contributed by atoms with E-state index in [9.17, 15) is 9.18 Å². The summed E-state index contributed by atoms with van der Waals surface area (Å²) in [5, 5.41) is 12.1. The first-order valence-corrected chi connectivity index (χ1v) is 10.2. The lowest BCUT2D eigenvalue weighted by Crippen LogP contribution is -2.37.